The molecule has 1 heterocycles. The first-order valence-electron chi connectivity index (χ1n) is 5.11. The summed E-state index contributed by atoms with van der Waals surface area (Å²) in [5.41, 5.74) is 7.63. The van der Waals surface area contributed by atoms with Crippen LogP contribution in [-0.2, 0) is 0 Å². The summed E-state index contributed by atoms with van der Waals surface area (Å²) in [6.45, 7) is 0.697. The minimum atomic E-state index is 0.697. The van der Waals surface area contributed by atoms with E-state index in [1.807, 2.05) is 12.3 Å². The lowest BCUT2D eigenvalue weighted by molar-refractivity contribution is 1.01. The number of fused-ring (bicyclic) bond motifs is 1. The molecule has 0 amide bonds. The van der Waals surface area contributed by atoms with E-state index >= 15 is 0 Å². The summed E-state index contributed by atoms with van der Waals surface area (Å²) in [7, 11) is 0. The first kappa shape index (κ1) is 9.87. The number of aromatic nitrogens is 1. The van der Waals surface area contributed by atoms with Crippen LogP contribution in [0.2, 0.25) is 0 Å². The van der Waals surface area contributed by atoms with Gasteiger partial charge in [-0.1, -0.05) is 30.4 Å². The second-order valence-electron chi connectivity index (χ2n) is 3.44. The van der Waals surface area contributed by atoms with E-state index in [4.69, 9.17) is 5.73 Å². The van der Waals surface area contributed by atoms with Crippen LogP contribution in [0.3, 0.4) is 0 Å². The second kappa shape index (κ2) is 4.71. The summed E-state index contributed by atoms with van der Waals surface area (Å²) in [4.78, 5) is 4.31. The van der Waals surface area contributed by atoms with Crippen molar-refractivity contribution >= 4 is 17.0 Å². The molecule has 0 fully saturated rings. The molecule has 0 spiro atoms. The van der Waals surface area contributed by atoms with Crippen LogP contribution >= 0.6 is 0 Å². The van der Waals surface area contributed by atoms with E-state index in [-0.39, 0.29) is 0 Å². The fourth-order valence-electron chi connectivity index (χ4n) is 1.50. The predicted octanol–water partition coefficient (Wildman–Crippen LogP) is 2.60. The number of nitrogens with zero attached hydrogens (tertiary/aromatic N) is 1. The highest BCUT2D eigenvalue weighted by molar-refractivity contribution is 5.80. The van der Waals surface area contributed by atoms with Crippen molar-refractivity contribution in [2.75, 3.05) is 6.54 Å². The summed E-state index contributed by atoms with van der Waals surface area (Å²) < 4.78 is 0. The summed E-state index contributed by atoms with van der Waals surface area (Å²) in [6, 6.07) is 10.3. The molecule has 1 aromatic heterocycles. The molecule has 1 aromatic carbocycles. The third kappa shape index (κ3) is 2.42. The van der Waals surface area contributed by atoms with E-state index < -0.39 is 0 Å². The highest BCUT2D eigenvalue weighted by atomic mass is 14.6. The first-order chi connectivity index (χ1) is 7.40. The molecule has 2 N–H and O–H groups in total. The van der Waals surface area contributed by atoms with E-state index in [2.05, 4.69) is 41.4 Å². The average molecular weight is 198 g/mol. The molecule has 0 unspecified atom stereocenters. The molecule has 0 atom stereocenters. The molecule has 0 bridgehead atoms. The van der Waals surface area contributed by atoms with Crippen molar-refractivity contribution in [3.05, 3.63) is 48.2 Å². The fourth-order valence-corrected chi connectivity index (χ4v) is 1.50. The zero-order valence-electron chi connectivity index (χ0n) is 8.56. The molecule has 2 aromatic rings. The van der Waals surface area contributed by atoms with Gasteiger partial charge < -0.3 is 5.73 Å². The van der Waals surface area contributed by atoms with Crippen LogP contribution in [0.5, 0.6) is 0 Å². The number of hydrogen-bond donors (Lipinski definition) is 1. The van der Waals surface area contributed by atoms with Gasteiger partial charge in [0.25, 0.3) is 0 Å². The SMILES string of the molecule is NCC/C=C/c1ccc2cccnc2c1. The lowest BCUT2D eigenvalue weighted by Gasteiger charge is -1.97. The zero-order chi connectivity index (χ0) is 10.5. The molecule has 76 valence electrons. The van der Waals surface area contributed by atoms with Crippen molar-refractivity contribution < 1.29 is 0 Å². The molecule has 2 rings (SSSR count). The molecule has 2 nitrogen and oxygen atoms in total. The van der Waals surface area contributed by atoms with Crippen molar-refractivity contribution in [3.8, 4) is 0 Å². The monoisotopic (exact) mass is 198 g/mol. The maximum absolute atomic E-state index is 5.42. The molecule has 0 aliphatic rings. The fraction of sp³-hybridized carbons (Fsp3) is 0.154. The van der Waals surface area contributed by atoms with Crippen LogP contribution in [-0.4, -0.2) is 11.5 Å². The van der Waals surface area contributed by atoms with E-state index in [0.717, 1.165) is 11.9 Å². The number of nitrogens with two attached hydrogens (primary N) is 1. The Morgan fingerprint density at radius 2 is 2.20 bits per heavy atom. The lowest BCUT2D eigenvalue weighted by Crippen LogP contribution is -1.94. The molecule has 0 saturated heterocycles. The quantitative estimate of drug-likeness (QED) is 0.823. The molecule has 2 heteroatoms. The maximum atomic E-state index is 5.42. The van der Waals surface area contributed by atoms with Gasteiger partial charge in [0, 0.05) is 11.6 Å². The van der Waals surface area contributed by atoms with Crippen LogP contribution in [0.25, 0.3) is 17.0 Å². The topological polar surface area (TPSA) is 38.9 Å². The van der Waals surface area contributed by atoms with Gasteiger partial charge in [0.1, 0.15) is 0 Å². The van der Waals surface area contributed by atoms with Gasteiger partial charge in [-0.15, -0.1) is 0 Å². The first-order valence-corrected chi connectivity index (χ1v) is 5.11. The van der Waals surface area contributed by atoms with E-state index in [9.17, 15) is 0 Å². The minimum absolute atomic E-state index is 0.697. The standard InChI is InChI=1S/C13H14N2/c14-8-2-1-4-11-6-7-12-5-3-9-15-13(12)10-11/h1,3-7,9-10H,2,8,14H2/b4-1+. The summed E-state index contributed by atoms with van der Waals surface area (Å²) in [5.74, 6) is 0. The van der Waals surface area contributed by atoms with E-state index in [1.54, 1.807) is 0 Å². The summed E-state index contributed by atoms with van der Waals surface area (Å²) >= 11 is 0. The van der Waals surface area contributed by atoms with Gasteiger partial charge in [-0.2, -0.15) is 0 Å². The van der Waals surface area contributed by atoms with Gasteiger partial charge in [-0.3, -0.25) is 4.98 Å². The van der Waals surface area contributed by atoms with Gasteiger partial charge >= 0.3 is 0 Å². The Labute approximate surface area is 89.4 Å². The van der Waals surface area contributed by atoms with Crippen molar-refractivity contribution in [2.24, 2.45) is 5.73 Å². The van der Waals surface area contributed by atoms with Crippen LogP contribution in [0.15, 0.2) is 42.6 Å². The van der Waals surface area contributed by atoms with Crippen LogP contribution < -0.4 is 5.73 Å². The van der Waals surface area contributed by atoms with Gasteiger partial charge in [-0.05, 0) is 30.7 Å². The van der Waals surface area contributed by atoms with E-state index in [0.29, 0.717) is 6.54 Å². The van der Waals surface area contributed by atoms with Crippen molar-refractivity contribution in [1.29, 1.82) is 0 Å². The third-order valence-electron chi connectivity index (χ3n) is 2.27. The predicted molar refractivity (Wildman–Crippen MR) is 64.4 cm³/mol. The van der Waals surface area contributed by atoms with Gasteiger partial charge in [-0.25, -0.2) is 0 Å². The van der Waals surface area contributed by atoms with Crippen LogP contribution in [0, 0.1) is 0 Å². The zero-order valence-corrected chi connectivity index (χ0v) is 8.56. The van der Waals surface area contributed by atoms with Gasteiger partial charge in [0.2, 0.25) is 0 Å². The van der Waals surface area contributed by atoms with Crippen LogP contribution in [0.4, 0.5) is 0 Å². The van der Waals surface area contributed by atoms with Gasteiger partial charge in [0.15, 0.2) is 0 Å². The summed E-state index contributed by atoms with van der Waals surface area (Å²) in [6.07, 6.45) is 6.90. The number of rotatable bonds is 3. The molecule has 0 aliphatic heterocycles. The van der Waals surface area contributed by atoms with Crippen molar-refractivity contribution in [2.45, 2.75) is 6.42 Å². The number of benzene rings is 1. The third-order valence-corrected chi connectivity index (χ3v) is 2.27. The molecule has 15 heavy (non-hydrogen) atoms. The number of pyridine rings is 1. The maximum Gasteiger partial charge on any atom is 0.0707 e. The van der Waals surface area contributed by atoms with Crippen LogP contribution in [0.1, 0.15) is 12.0 Å². The molecule has 0 radical (unpaired) electrons. The Morgan fingerprint density at radius 1 is 1.27 bits per heavy atom. The Balaban J connectivity index is 2.30. The average Bonchev–Trinajstić information content (AvgIpc) is 2.29. The smallest absolute Gasteiger partial charge is 0.0707 e. The second-order valence-corrected chi connectivity index (χ2v) is 3.44. The highest BCUT2D eigenvalue weighted by Crippen LogP contribution is 2.14. The van der Waals surface area contributed by atoms with Gasteiger partial charge in [0.05, 0.1) is 5.52 Å². The van der Waals surface area contributed by atoms with Crippen molar-refractivity contribution in [3.63, 3.8) is 0 Å². The molecular formula is C13H14N2. The van der Waals surface area contributed by atoms with E-state index in [1.165, 1.54) is 10.9 Å². The largest absolute Gasteiger partial charge is 0.330 e. The Kier molecular flexibility index (Phi) is 3.10. The molecule has 0 aliphatic carbocycles. The minimum Gasteiger partial charge on any atom is -0.330 e. The highest BCUT2D eigenvalue weighted by Gasteiger charge is 1.93. The normalized spacial score (nSPS) is 11.3. The lowest BCUT2D eigenvalue weighted by atomic mass is 10.1. The Hall–Kier alpha value is -1.67. The Bertz CT molecular complexity index is 475. The Morgan fingerprint density at radius 3 is 3.07 bits per heavy atom. The molecular weight excluding hydrogens is 184 g/mol. The van der Waals surface area contributed by atoms with Crippen molar-refractivity contribution in [1.82, 2.24) is 4.98 Å². The number of hydrogen-bond acceptors (Lipinski definition) is 2. The summed E-state index contributed by atoms with van der Waals surface area (Å²) in [5, 5.41) is 1.17. The molecule has 0 saturated carbocycles.